The molecule has 2 fully saturated rings. The third kappa shape index (κ3) is 4.34. The van der Waals surface area contributed by atoms with Crippen molar-refractivity contribution in [3.05, 3.63) is 30.1 Å². The van der Waals surface area contributed by atoms with Gasteiger partial charge in [0.05, 0.1) is 5.92 Å². The molecule has 1 aliphatic carbocycles. The van der Waals surface area contributed by atoms with E-state index in [0.717, 1.165) is 18.4 Å². The number of hydrogen-bond acceptors (Lipinski definition) is 3. The van der Waals surface area contributed by atoms with Crippen molar-refractivity contribution in [2.24, 2.45) is 5.92 Å². The third-order valence-electron chi connectivity index (χ3n) is 5.27. The molecule has 0 radical (unpaired) electrons. The van der Waals surface area contributed by atoms with Crippen LogP contribution < -0.4 is 5.32 Å². The predicted octanol–water partition coefficient (Wildman–Crippen LogP) is 2.66. The van der Waals surface area contributed by atoms with E-state index < -0.39 is 0 Å². The summed E-state index contributed by atoms with van der Waals surface area (Å²) < 4.78 is 0. The molecular weight excluding hydrogens is 302 g/mol. The Hall–Kier alpha value is -1.91. The van der Waals surface area contributed by atoms with Gasteiger partial charge in [0, 0.05) is 37.9 Å². The van der Waals surface area contributed by atoms with Crippen LogP contribution in [0.5, 0.6) is 0 Å². The van der Waals surface area contributed by atoms with Crippen molar-refractivity contribution in [2.75, 3.05) is 6.54 Å². The van der Waals surface area contributed by atoms with Crippen molar-refractivity contribution in [3.63, 3.8) is 0 Å². The van der Waals surface area contributed by atoms with E-state index in [2.05, 4.69) is 10.3 Å². The minimum absolute atomic E-state index is 0.0602. The van der Waals surface area contributed by atoms with Gasteiger partial charge in [-0.2, -0.15) is 0 Å². The van der Waals surface area contributed by atoms with Gasteiger partial charge in [-0.1, -0.05) is 31.7 Å². The first-order valence-electron chi connectivity index (χ1n) is 9.20. The molecule has 1 aromatic heterocycles. The average molecular weight is 329 g/mol. The number of hydrogen-bond donors (Lipinski definition) is 1. The fourth-order valence-electron chi connectivity index (χ4n) is 3.84. The number of likely N-dealkylation sites (tertiary alicyclic amines) is 1. The zero-order chi connectivity index (χ0) is 16.8. The molecule has 1 N–H and O–H groups in total. The molecule has 0 aromatic carbocycles. The van der Waals surface area contributed by atoms with Crippen molar-refractivity contribution in [2.45, 2.75) is 64.0 Å². The largest absolute Gasteiger partial charge is 0.352 e. The molecule has 5 nitrogen and oxygen atoms in total. The number of nitrogens with zero attached hydrogens (tertiary/aromatic N) is 2. The Morgan fingerprint density at radius 2 is 2.00 bits per heavy atom. The first kappa shape index (κ1) is 16.9. The Morgan fingerprint density at radius 1 is 1.21 bits per heavy atom. The number of piperidine rings is 1. The van der Waals surface area contributed by atoms with Gasteiger partial charge in [-0.25, -0.2) is 0 Å². The summed E-state index contributed by atoms with van der Waals surface area (Å²) in [5, 5.41) is 3.00. The number of nitrogens with one attached hydrogen (secondary N) is 1. The molecule has 2 aliphatic rings. The predicted molar refractivity (Wildman–Crippen MR) is 92.0 cm³/mol. The fraction of sp³-hybridized carbons (Fsp3) is 0.632. The second-order valence-corrected chi connectivity index (χ2v) is 7.01. The van der Waals surface area contributed by atoms with E-state index in [0.29, 0.717) is 32.0 Å². The molecule has 24 heavy (non-hydrogen) atoms. The number of aromatic nitrogens is 1. The van der Waals surface area contributed by atoms with Crippen LogP contribution >= 0.6 is 0 Å². The molecule has 1 saturated carbocycles. The van der Waals surface area contributed by atoms with Crippen molar-refractivity contribution < 1.29 is 9.59 Å². The van der Waals surface area contributed by atoms with Crippen LogP contribution in [-0.2, 0) is 16.1 Å². The maximum absolute atomic E-state index is 12.5. The summed E-state index contributed by atoms with van der Waals surface area (Å²) in [6.45, 7) is 1.09. The van der Waals surface area contributed by atoms with Crippen LogP contribution in [-0.4, -0.2) is 34.3 Å². The molecule has 1 aliphatic heterocycles. The lowest BCUT2D eigenvalue weighted by Crippen LogP contribution is -2.49. The van der Waals surface area contributed by atoms with Gasteiger partial charge in [0.1, 0.15) is 0 Å². The Kier molecular flexibility index (Phi) is 5.83. The maximum atomic E-state index is 12.5. The molecule has 2 heterocycles. The van der Waals surface area contributed by atoms with Crippen molar-refractivity contribution >= 4 is 11.8 Å². The van der Waals surface area contributed by atoms with Crippen LogP contribution in [0.4, 0.5) is 0 Å². The smallest absolute Gasteiger partial charge is 0.225 e. The molecule has 130 valence electrons. The number of carbonyl (C=O) groups is 2. The Morgan fingerprint density at radius 3 is 2.71 bits per heavy atom. The first-order chi connectivity index (χ1) is 11.7. The highest BCUT2D eigenvalue weighted by Crippen LogP contribution is 2.27. The number of pyridine rings is 1. The second kappa shape index (κ2) is 8.27. The van der Waals surface area contributed by atoms with Crippen molar-refractivity contribution in [3.8, 4) is 0 Å². The summed E-state index contributed by atoms with van der Waals surface area (Å²) in [5.74, 6) is 0.214. The van der Waals surface area contributed by atoms with E-state index in [1.54, 1.807) is 12.4 Å². The highest BCUT2D eigenvalue weighted by Gasteiger charge is 2.34. The quantitative estimate of drug-likeness (QED) is 0.864. The van der Waals surface area contributed by atoms with Gasteiger partial charge in [0.25, 0.3) is 0 Å². The number of amides is 2. The van der Waals surface area contributed by atoms with E-state index in [9.17, 15) is 9.59 Å². The zero-order valence-corrected chi connectivity index (χ0v) is 14.2. The van der Waals surface area contributed by atoms with E-state index >= 15 is 0 Å². The van der Waals surface area contributed by atoms with Crippen LogP contribution in [0.3, 0.4) is 0 Å². The van der Waals surface area contributed by atoms with Crippen LogP contribution in [0.2, 0.25) is 0 Å². The van der Waals surface area contributed by atoms with Crippen LogP contribution in [0.25, 0.3) is 0 Å². The van der Waals surface area contributed by atoms with Gasteiger partial charge in [-0.05, 0) is 30.9 Å². The van der Waals surface area contributed by atoms with Crippen molar-refractivity contribution in [1.82, 2.24) is 15.2 Å². The van der Waals surface area contributed by atoms with Gasteiger partial charge in [-0.3, -0.25) is 14.6 Å². The van der Waals surface area contributed by atoms with Gasteiger partial charge in [0.2, 0.25) is 11.8 Å². The topological polar surface area (TPSA) is 62.3 Å². The van der Waals surface area contributed by atoms with Gasteiger partial charge < -0.3 is 10.2 Å². The molecule has 5 heteroatoms. The summed E-state index contributed by atoms with van der Waals surface area (Å²) in [7, 11) is 0. The Balaban J connectivity index is 1.55. The maximum Gasteiger partial charge on any atom is 0.225 e. The molecule has 1 saturated heterocycles. The zero-order valence-electron chi connectivity index (χ0n) is 14.2. The third-order valence-corrected chi connectivity index (χ3v) is 5.27. The summed E-state index contributed by atoms with van der Waals surface area (Å²) >= 11 is 0. The normalized spacial score (nSPS) is 22.9. The molecule has 3 rings (SSSR count). The van der Waals surface area contributed by atoms with Gasteiger partial charge in [-0.15, -0.1) is 0 Å². The van der Waals surface area contributed by atoms with E-state index in [-0.39, 0.29) is 17.7 Å². The molecule has 1 aromatic rings. The summed E-state index contributed by atoms with van der Waals surface area (Å²) in [5.41, 5.74) is 0.998. The summed E-state index contributed by atoms with van der Waals surface area (Å²) in [4.78, 5) is 30.9. The van der Waals surface area contributed by atoms with E-state index in [1.807, 2.05) is 17.0 Å². The highest BCUT2D eigenvalue weighted by atomic mass is 16.2. The lowest BCUT2D eigenvalue weighted by atomic mass is 9.93. The SMILES string of the molecule is O=C(NCc1cccnc1)[C@H]1CCC(=O)N(C2CCCCCC2)C1. The summed E-state index contributed by atoms with van der Waals surface area (Å²) in [6, 6.07) is 4.17. The van der Waals surface area contributed by atoms with E-state index in [4.69, 9.17) is 0 Å². The molecule has 0 unspecified atom stereocenters. The minimum atomic E-state index is -0.0809. The average Bonchev–Trinajstić information content (AvgIpc) is 2.90. The second-order valence-electron chi connectivity index (χ2n) is 7.01. The van der Waals surface area contributed by atoms with Crippen molar-refractivity contribution in [1.29, 1.82) is 0 Å². The Bertz CT molecular complexity index is 553. The van der Waals surface area contributed by atoms with Crippen LogP contribution in [0.1, 0.15) is 56.9 Å². The summed E-state index contributed by atoms with van der Waals surface area (Å²) in [6.07, 6.45) is 11.8. The lowest BCUT2D eigenvalue weighted by molar-refractivity contribution is -0.141. The fourth-order valence-corrected chi connectivity index (χ4v) is 3.84. The van der Waals surface area contributed by atoms with E-state index in [1.165, 1.54) is 25.7 Å². The number of carbonyl (C=O) groups excluding carboxylic acids is 2. The Labute approximate surface area is 143 Å². The minimum Gasteiger partial charge on any atom is -0.352 e. The molecular formula is C19H27N3O2. The first-order valence-corrected chi connectivity index (χ1v) is 9.20. The standard InChI is InChI=1S/C19H27N3O2/c23-18-10-9-16(14-22(18)17-7-3-1-2-4-8-17)19(24)21-13-15-6-5-11-20-12-15/h5-6,11-12,16-17H,1-4,7-10,13-14H2,(H,21,24)/t16-/m0/s1. The van der Waals surface area contributed by atoms with Gasteiger partial charge in [0.15, 0.2) is 0 Å². The lowest BCUT2D eigenvalue weighted by Gasteiger charge is -2.37. The van der Waals surface area contributed by atoms with Crippen LogP contribution in [0.15, 0.2) is 24.5 Å². The molecule has 2 amide bonds. The molecule has 1 atom stereocenters. The molecule has 0 bridgehead atoms. The number of rotatable bonds is 4. The molecule has 0 spiro atoms. The van der Waals surface area contributed by atoms with Gasteiger partial charge >= 0.3 is 0 Å². The monoisotopic (exact) mass is 329 g/mol. The van der Waals surface area contributed by atoms with Crippen LogP contribution in [0, 0.1) is 5.92 Å². The highest BCUT2D eigenvalue weighted by molar-refractivity contribution is 5.84.